The molecular formula is C11H19N3O5S2. The van der Waals surface area contributed by atoms with Gasteiger partial charge in [-0.1, -0.05) is 0 Å². The molecule has 1 rings (SSSR count). The molecule has 0 aliphatic rings. The first kappa shape index (κ1) is 17.7. The molecule has 1 aromatic rings. The lowest BCUT2D eigenvalue weighted by molar-refractivity contribution is 0.416. The number of nitrogen functional groups attached to an aromatic ring is 1. The molecule has 0 atom stereocenters. The Morgan fingerprint density at radius 3 is 2.29 bits per heavy atom. The number of ether oxygens (including phenoxy) is 1. The molecule has 4 N–H and O–H groups in total. The zero-order chi connectivity index (χ0) is 16.1. The molecule has 0 saturated heterocycles. The van der Waals surface area contributed by atoms with Crippen LogP contribution in [0.25, 0.3) is 0 Å². The summed E-state index contributed by atoms with van der Waals surface area (Å²) in [5.41, 5.74) is 5.88. The third-order valence-electron chi connectivity index (χ3n) is 2.52. The summed E-state index contributed by atoms with van der Waals surface area (Å²) in [5.74, 6) is 0.395. The van der Waals surface area contributed by atoms with Crippen LogP contribution < -0.4 is 19.9 Å². The molecule has 10 heteroatoms. The van der Waals surface area contributed by atoms with Crippen LogP contribution in [0.5, 0.6) is 5.75 Å². The molecule has 0 radical (unpaired) electrons. The van der Waals surface area contributed by atoms with E-state index in [0.717, 1.165) is 6.26 Å². The first-order valence-corrected chi connectivity index (χ1v) is 9.41. The molecule has 1 aromatic carbocycles. The van der Waals surface area contributed by atoms with Crippen LogP contribution in [0.2, 0.25) is 0 Å². The van der Waals surface area contributed by atoms with E-state index in [9.17, 15) is 16.8 Å². The number of hydrogen-bond acceptors (Lipinski definition) is 6. The Kier molecular flexibility index (Phi) is 5.96. The van der Waals surface area contributed by atoms with Crippen molar-refractivity contribution in [1.82, 2.24) is 9.44 Å². The molecule has 0 heterocycles. The van der Waals surface area contributed by atoms with Gasteiger partial charge in [0.1, 0.15) is 5.75 Å². The van der Waals surface area contributed by atoms with Gasteiger partial charge in [0.15, 0.2) is 0 Å². The number of sulfonamides is 2. The first-order valence-electron chi connectivity index (χ1n) is 6.03. The number of nitrogens with one attached hydrogen (secondary N) is 2. The highest BCUT2D eigenvalue weighted by Crippen LogP contribution is 2.24. The van der Waals surface area contributed by atoms with Crippen molar-refractivity contribution in [3.63, 3.8) is 0 Å². The average Bonchev–Trinajstić information content (AvgIpc) is 2.36. The average molecular weight is 337 g/mol. The van der Waals surface area contributed by atoms with Crippen molar-refractivity contribution < 1.29 is 21.6 Å². The van der Waals surface area contributed by atoms with E-state index in [4.69, 9.17) is 10.5 Å². The lowest BCUT2D eigenvalue weighted by Crippen LogP contribution is -2.29. The Balaban J connectivity index is 2.60. The van der Waals surface area contributed by atoms with Crippen molar-refractivity contribution in [2.45, 2.75) is 11.3 Å². The van der Waals surface area contributed by atoms with E-state index in [0.29, 0.717) is 12.2 Å². The highest BCUT2D eigenvalue weighted by Gasteiger charge is 2.15. The molecule has 0 aromatic heterocycles. The van der Waals surface area contributed by atoms with Gasteiger partial charge in [-0.3, -0.25) is 0 Å². The highest BCUT2D eigenvalue weighted by atomic mass is 32.2. The normalized spacial score (nSPS) is 12.3. The fraction of sp³-hybridized carbons (Fsp3) is 0.455. The smallest absolute Gasteiger partial charge is 0.240 e. The minimum Gasteiger partial charge on any atom is -0.495 e. The molecule has 21 heavy (non-hydrogen) atoms. The van der Waals surface area contributed by atoms with Crippen LogP contribution in [-0.4, -0.2) is 43.3 Å². The van der Waals surface area contributed by atoms with Gasteiger partial charge < -0.3 is 10.5 Å². The quantitative estimate of drug-likeness (QED) is 0.433. The molecule has 120 valence electrons. The van der Waals surface area contributed by atoms with Crippen LogP contribution >= 0.6 is 0 Å². The number of hydrogen-bond donors (Lipinski definition) is 3. The first-order chi connectivity index (χ1) is 9.65. The van der Waals surface area contributed by atoms with E-state index >= 15 is 0 Å². The Labute approximate surface area is 124 Å². The minimum atomic E-state index is -3.69. The van der Waals surface area contributed by atoms with E-state index in [2.05, 4.69) is 9.44 Å². The van der Waals surface area contributed by atoms with Gasteiger partial charge in [0.05, 0.1) is 23.9 Å². The van der Waals surface area contributed by atoms with Crippen LogP contribution in [0, 0.1) is 0 Å². The fourth-order valence-electron chi connectivity index (χ4n) is 1.52. The van der Waals surface area contributed by atoms with Crippen molar-refractivity contribution >= 4 is 25.7 Å². The number of anilines is 1. The topological polar surface area (TPSA) is 128 Å². The number of nitrogens with two attached hydrogens (primary N) is 1. The monoisotopic (exact) mass is 337 g/mol. The van der Waals surface area contributed by atoms with Gasteiger partial charge in [0, 0.05) is 13.1 Å². The molecular weight excluding hydrogens is 318 g/mol. The summed E-state index contributed by atoms with van der Waals surface area (Å²) in [6.07, 6.45) is 1.37. The summed E-state index contributed by atoms with van der Waals surface area (Å²) in [5, 5.41) is 0. The van der Waals surface area contributed by atoms with Gasteiger partial charge in [0.25, 0.3) is 0 Å². The maximum absolute atomic E-state index is 12.0. The third kappa shape index (κ3) is 5.87. The molecule has 0 amide bonds. The van der Waals surface area contributed by atoms with Crippen molar-refractivity contribution in [2.24, 2.45) is 0 Å². The zero-order valence-electron chi connectivity index (χ0n) is 11.8. The zero-order valence-corrected chi connectivity index (χ0v) is 13.4. The summed E-state index contributed by atoms with van der Waals surface area (Å²) in [4.78, 5) is 0.0249. The van der Waals surface area contributed by atoms with Crippen molar-refractivity contribution in [1.29, 1.82) is 0 Å². The van der Waals surface area contributed by atoms with Gasteiger partial charge in [0.2, 0.25) is 20.0 Å². The van der Waals surface area contributed by atoms with E-state index in [1.807, 2.05) is 0 Å². The summed E-state index contributed by atoms with van der Waals surface area (Å²) in [6, 6.07) is 4.15. The van der Waals surface area contributed by atoms with Crippen molar-refractivity contribution in [3.05, 3.63) is 18.2 Å². The third-order valence-corrected chi connectivity index (χ3v) is 4.71. The summed E-state index contributed by atoms with van der Waals surface area (Å²) in [6.45, 7) is 0.267. The maximum Gasteiger partial charge on any atom is 0.240 e. The van der Waals surface area contributed by atoms with Crippen LogP contribution in [0.4, 0.5) is 5.69 Å². The summed E-state index contributed by atoms with van der Waals surface area (Å²) < 4.78 is 55.3. The lowest BCUT2D eigenvalue weighted by atomic mass is 10.3. The van der Waals surface area contributed by atoms with Gasteiger partial charge in [-0.15, -0.1) is 0 Å². The molecule has 0 saturated carbocycles. The van der Waals surface area contributed by atoms with E-state index in [-0.39, 0.29) is 23.7 Å². The van der Waals surface area contributed by atoms with Crippen LogP contribution in [-0.2, 0) is 20.0 Å². The molecule has 0 spiro atoms. The Morgan fingerprint density at radius 1 is 1.14 bits per heavy atom. The summed E-state index contributed by atoms with van der Waals surface area (Å²) in [7, 11) is -5.51. The van der Waals surface area contributed by atoms with Crippen LogP contribution in [0.1, 0.15) is 6.42 Å². The Hall–Kier alpha value is -1.36. The van der Waals surface area contributed by atoms with Gasteiger partial charge in [-0.2, -0.15) is 0 Å². The van der Waals surface area contributed by atoms with E-state index in [1.165, 1.54) is 25.3 Å². The molecule has 8 nitrogen and oxygen atoms in total. The van der Waals surface area contributed by atoms with Gasteiger partial charge >= 0.3 is 0 Å². The van der Waals surface area contributed by atoms with Crippen molar-refractivity contribution in [2.75, 3.05) is 32.2 Å². The second kappa shape index (κ2) is 7.07. The van der Waals surface area contributed by atoms with Crippen LogP contribution in [0.3, 0.4) is 0 Å². The fourth-order valence-corrected chi connectivity index (χ4v) is 3.14. The van der Waals surface area contributed by atoms with Gasteiger partial charge in [-0.05, 0) is 24.6 Å². The van der Waals surface area contributed by atoms with E-state index in [1.54, 1.807) is 0 Å². The predicted molar refractivity (Wildman–Crippen MR) is 80.1 cm³/mol. The van der Waals surface area contributed by atoms with E-state index < -0.39 is 20.0 Å². The SMILES string of the molecule is COc1ccc(S(=O)(=O)NCCCNS(C)(=O)=O)cc1N. The Bertz CT molecular complexity index is 686. The molecule has 0 aliphatic carbocycles. The molecule has 0 aliphatic heterocycles. The maximum atomic E-state index is 12.0. The minimum absolute atomic E-state index is 0.0249. The molecule has 0 unspecified atom stereocenters. The summed E-state index contributed by atoms with van der Waals surface area (Å²) >= 11 is 0. The number of methoxy groups -OCH3 is 1. The largest absolute Gasteiger partial charge is 0.495 e. The number of benzene rings is 1. The highest BCUT2D eigenvalue weighted by molar-refractivity contribution is 7.89. The standard InChI is InChI=1S/C11H19N3O5S2/c1-19-11-5-4-9(8-10(11)12)21(17,18)14-7-3-6-13-20(2,15)16/h4-5,8,13-14H,3,6-7,12H2,1-2H3. The number of rotatable bonds is 8. The second-order valence-electron chi connectivity index (χ2n) is 4.32. The Morgan fingerprint density at radius 2 is 1.76 bits per heavy atom. The second-order valence-corrected chi connectivity index (χ2v) is 7.92. The van der Waals surface area contributed by atoms with Gasteiger partial charge in [-0.25, -0.2) is 26.3 Å². The lowest BCUT2D eigenvalue weighted by Gasteiger charge is -2.09. The van der Waals surface area contributed by atoms with Crippen LogP contribution in [0.15, 0.2) is 23.1 Å². The predicted octanol–water partition coefficient (Wildman–Crippen LogP) is -0.505. The molecule has 0 fully saturated rings. The molecule has 0 bridgehead atoms. The van der Waals surface area contributed by atoms with Crippen molar-refractivity contribution in [3.8, 4) is 5.75 Å².